The van der Waals surface area contributed by atoms with E-state index in [-0.39, 0.29) is 23.6 Å². The predicted octanol–water partition coefficient (Wildman–Crippen LogP) is 4.03. The Bertz CT molecular complexity index is 808. The van der Waals surface area contributed by atoms with Crippen LogP contribution in [0.15, 0.2) is 40.8 Å². The number of carbonyl (C=O) groups excluding carboxylic acids is 2. The zero-order chi connectivity index (χ0) is 18.7. The fraction of sp³-hybridized carbons (Fsp3) is 0.368. The number of hydrogen-bond acceptors (Lipinski definition) is 4. The van der Waals surface area contributed by atoms with E-state index in [2.05, 4.69) is 5.32 Å². The second-order valence-electron chi connectivity index (χ2n) is 6.25. The smallest absolute Gasteiger partial charge is 0.290 e. The molecule has 5 nitrogen and oxygen atoms in total. The maximum absolute atomic E-state index is 12.9. The summed E-state index contributed by atoms with van der Waals surface area (Å²) < 4.78 is 5.74. The first-order valence-electron chi connectivity index (χ1n) is 8.55. The molecule has 1 aliphatic rings. The van der Waals surface area contributed by atoms with Crippen molar-refractivity contribution in [1.82, 2.24) is 10.2 Å². The van der Waals surface area contributed by atoms with E-state index in [4.69, 9.17) is 16.0 Å². The van der Waals surface area contributed by atoms with Crippen LogP contribution < -0.4 is 5.32 Å². The van der Waals surface area contributed by atoms with E-state index < -0.39 is 6.04 Å². The van der Waals surface area contributed by atoms with Crippen LogP contribution in [0, 0.1) is 0 Å². The summed E-state index contributed by atoms with van der Waals surface area (Å²) in [5.74, 6) is 1.41. The topological polar surface area (TPSA) is 62.6 Å². The van der Waals surface area contributed by atoms with Crippen LogP contribution >= 0.6 is 23.4 Å². The molecular weight excluding hydrogens is 372 g/mol. The van der Waals surface area contributed by atoms with E-state index in [1.807, 2.05) is 32.0 Å². The summed E-state index contributed by atoms with van der Waals surface area (Å²) in [5.41, 5.74) is 0.732. The number of hydrogen-bond donors (Lipinski definition) is 1. The van der Waals surface area contributed by atoms with Gasteiger partial charge in [0.15, 0.2) is 5.76 Å². The van der Waals surface area contributed by atoms with Gasteiger partial charge in [-0.15, -0.1) is 11.8 Å². The number of amides is 2. The summed E-state index contributed by atoms with van der Waals surface area (Å²) in [6.07, 6.45) is 0.846. The van der Waals surface area contributed by atoms with E-state index in [9.17, 15) is 9.59 Å². The molecule has 26 heavy (non-hydrogen) atoms. The molecule has 1 aromatic heterocycles. The first-order valence-corrected chi connectivity index (χ1v) is 10.1. The largest absolute Gasteiger partial charge is 0.451 e. The van der Waals surface area contributed by atoms with Gasteiger partial charge in [-0.2, -0.15) is 0 Å². The third-order valence-corrected chi connectivity index (χ3v) is 5.74. The third kappa shape index (κ3) is 3.91. The van der Waals surface area contributed by atoms with Crippen molar-refractivity contribution in [2.75, 3.05) is 11.6 Å². The van der Waals surface area contributed by atoms with Gasteiger partial charge in [-0.1, -0.05) is 30.7 Å². The van der Waals surface area contributed by atoms with Crippen LogP contribution in [0.1, 0.15) is 30.8 Å². The van der Waals surface area contributed by atoms with Crippen molar-refractivity contribution < 1.29 is 14.0 Å². The molecule has 1 N–H and O–H groups in total. The molecule has 1 fully saturated rings. The fourth-order valence-electron chi connectivity index (χ4n) is 2.70. The highest BCUT2D eigenvalue weighted by molar-refractivity contribution is 7.99. The monoisotopic (exact) mass is 392 g/mol. The fourth-order valence-corrected chi connectivity index (χ4v) is 4.08. The molecule has 7 heteroatoms. The third-order valence-electron chi connectivity index (χ3n) is 4.40. The summed E-state index contributed by atoms with van der Waals surface area (Å²) >= 11 is 7.75. The number of nitrogens with one attached hydrogen (secondary N) is 1. The van der Waals surface area contributed by atoms with Gasteiger partial charge in [-0.25, -0.2) is 0 Å². The Kier molecular flexibility index (Phi) is 5.94. The number of furan rings is 1. The molecule has 138 valence electrons. The number of benzene rings is 1. The van der Waals surface area contributed by atoms with Gasteiger partial charge in [-0.05, 0) is 37.6 Å². The second kappa shape index (κ2) is 8.18. The SMILES string of the molecule is CC[C@@H](C)NC(=O)[C@H]1CSCN1C(=O)c1ccc(-c2ccccc2Cl)o1. The molecule has 0 unspecified atom stereocenters. The minimum absolute atomic E-state index is 0.0838. The van der Waals surface area contributed by atoms with E-state index in [1.165, 1.54) is 0 Å². The average Bonchev–Trinajstić information content (AvgIpc) is 3.31. The van der Waals surface area contributed by atoms with E-state index >= 15 is 0 Å². The Morgan fingerprint density at radius 1 is 1.35 bits per heavy atom. The molecular formula is C19H21ClN2O3S. The lowest BCUT2D eigenvalue weighted by atomic mass is 10.2. The van der Waals surface area contributed by atoms with Gasteiger partial charge < -0.3 is 14.6 Å². The van der Waals surface area contributed by atoms with E-state index in [0.717, 1.165) is 12.0 Å². The van der Waals surface area contributed by atoms with E-state index in [1.54, 1.807) is 34.9 Å². The van der Waals surface area contributed by atoms with Crippen molar-refractivity contribution in [3.8, 4) is 11.3 Å². The lowest BCUT2D eigenvalue weighted by Gasteiger charge is -2.23. The number of rotatable bonds is 5. The number of carbonyl (C=O) groups is 2. The van der Waals surface area contributed by atoms with Crippen LogP contribution in [0.3, 0.4) is 0 Å². The number of halogens is 1. The highest BCUT2D eigenvalue weighted by Crippen LogP contribution is 2.30. The van der Waals surface area contributed by atoms with Gasteiger partial charge in [0, 0.05) is 17.4 Å². The summed E-state index contributed by atoms with van der Waals surface area (Å²) in [5, 5.41) is 3.51. The molecule has 0 saturated carbocycles. The van der Waals surface area contributed by atoms with Crippen LogP contribution in [0.5, 0.6) is 0 Å². The molecule has 0 aliphatic carbocycles. The van der Waals surface area contributed by atoms with Crippen molar-refractivity contribution in [2.24, 2.45) is 0 Å². The maximum atomic E-state index is 12.9. The van der Waals surface area contributed by atoms with Crippen molar-refractivity contribution in [2.45, 2.75) is 32.4 Å². The molecule has 0 spiro atoms. The van der Waals surface area contributed by atoms with Gasteiger partial charge >= 0.3 is 0 Å². The van der Waals surface area contributed by atoms with Gasteiger partial charge in [0.2, 0.25) is 5.91 Å². The molecule has 2 atom stereocenters. The van der Waals surface area contributed by atoms with Crippen molar-refractivity contribution in [3.05, 3.63) is 47.2 Å². The van der Waals surface area contributed by atoms with Crippen molar-refractivity contribution >= 4 is 35.2 Å². The van der Waals surface area contributed by atoms with Gasteiger partial charge in [0.25, 0.3) is 5.91 Å². The number of thioether (sulfide) groups is 1. The summed E-state index contributed by atoms with van der Waals surface area (Å²) in [6.45, 7) is 3.96. The Morgan fingerprint density at radius 3 is 2.85 bits per heavy atom. The first kappa shape index (κ1) is 18.9. The molecule has 1 saturated heterocycles. The lowest BCUT2D eigenvalue weighted by molar-refractivity contribution is -0.125. The van der Waals surface area contributed by atoms with Crippen LogP contribution in [0.4, 0.5) is 0 Å². The predicted molar refractivity (Wildman–Crippen MR) is 104 cm³/mol. The van der Waals surface area contributed by atoms with Gasteiger partial charge in [-0.3, -0.25) is 9.59 Å². The van der Waals surface area contributed by atoms with Gasteiger partial charge in [0.1, 0.15) is 11.8 Å². The molecule has 3 rings (SSSR count). The summed E-state index contributed by atoms with van der Waals surface area (Å²) in [7, 11) is 0. The zero-order valence-corrected chi connectivity index (χ0v) is 16.3. The van der Waals surface area contributed by atoms with Crippen molar-refractivity contribution in [1.29, 1.82) is 0 Å². The first-order chi connectivity index (χ1) is 12.5. The van der Waals surface area contributed by atoms with Gasteiger partial charge in [0.05, 0.1) is 10.9 Å². The summed E-state index contributed by atoms with van der Waals surface area (Å²) in [6, 6.07) is 10.3. The summed E-state index contributed by atoms with van der Waals surface area (Å²) in [4.78, 5) is 26.9. The van der Waals surface area contributed by atoms with Crippen LogP contribution in [0.25, 0.3) is 11.3 Å². The Morgan fingerprint density at radius 2 is 2.12 bits per heavy atom. The molecule has 2 amide bonds. The highest BCUT2D eigenvalue weighted by Gasteiger charge is 2.36. The minimum Gasteiger partial charge on any atom is -0.451 e. The molecule has 2 aromatic rings. The molecule has 2 heterocycles. The lowest BCUT2D eigenvalue weighted by Crippen LogP contribution is -2.49. The highest BCUT2D eigenvalue weighted by atomic mass is 35.5. The Hall–Kier alpha value is -1.92. The molecule has 1 aromatic carbocycles. The average molecular weight is 393 g/mol. The normalized spacial score (nSPS) is 18.0. The maximum Gasteiger partial charge on any atom is 0.290 e. The van der Waals surface area contributed by atoms with E-state index in [0.29, 0.717) is 22.4 Å². The standard InChI is InChI=1S/C19H21ClN2O3S/c1-3-12(2)21-18(23)15-10-26-11-22(15)19(24)17-9-8-16(25-17)13-6-4-5-7-14(13)20/h4-9,12,15H,3,10-11H2,1-2H3,(H,21,23)/t12-,15-/m1/s1. The minimum atomic E-state index is -0.477. The Balaban J connectivity index is 1.77. The van der Waals surface area contributed by atoms with Crippen LogP contribution in [0.2, 0.25) is 5.02 Å². The molecule has 0 radical (unpaired) electrons. The molecule has 1 aliphatic heterocycles. The quantitative estimate of drug-likeness (QED) is 0.834. The number of nitrogens with zero attached hydrogens (tertiary/aromatic N) is 1. The second-order valence-corrected chi connectivity index (χ2v) is 7.66. The zero-order valence-electron chi connectivity index (χ0n) is 14.7. The van der Waals surface area contributed by atoms with Crippen LogP contribution in [-0.2, 0) is 4.79 Å². The van der Waals surface area contributed by atoms with Crippen molar-refractivity contribution in [3.63, 3.8) is 0 Å². The molecule has 0 bridgehead atoms. The Labute approximate surface area is 162 Å². The van der Waals surface area contributed by atoms with Crippen LogP contribution in [-0.4, -0.2) is 40.4 Å².